The number of nitrogens with zero attached hydrogens (tertiary/aromatic N) is 1. The van der Waals surface area contributed by atoms with Crippen molar-refractivity contribution in [2.24, 2.45) is 11.7 Å². The Labute approximate surface area is 79.5 Å². The molecule has 1 heterocycles. The molecule has 0 aromatic carbocycles. The van der Waals surface area contributed by atoms with Crippen molar-refractivity contribution in [3.8, 4) is 0 Å². The highest BCUT2D eigenvalue weighted by Gasteiger charge is 2.25. The molecule has 1 fully saturated rings. The summed E-state index contributed by atoms with van der Waals surface area (Å²) in [4.78, 5) is 13.5. The van der Waals surface area contributed by atoms with E-state index in [1.807, 2.05) is 6.92 Å². The number of nitrogens with one attached hydrogen (secondary N) is 1. The second-order valence-corrected chi connectivity index (χ2v) is 3.80. The van der Waals surface area contributed by atoms with E-state index in [1.165, 1.54) is 0 Å². The average Bonchev–Trinajstić information content (AvgIpc) is 2.13. The summed E-state index contributed by atoms with van der Waals surface area (Å²) >= 11 is 0. The lowest BCUT2D eigenvalue weighted by Crippen LogP contribution is -2.55. The lowest BCUT2D eigenvalue weighted by Gasteiger charge is -2.34. The van der Waals surface area contributed by atoms with Crippen molar-refractivity contribution >= 4 is 5.91 Å². The fourth-order valence-electron chi connectivity index (χ4n) is 1.55. The van der Waals surface area contributed by atoms with Gasteiger partial charge in [-0.2, -0.15) is 0 Å². The van der Waals surface area contributed by atoms with Crippen LogP contribution < -0.4 is 11.1 Å². The standard InChI is InChI=1S/C9H19N3O/c1-7(5-10)6-12-4-3-11-9(13)8(12)2/h7-8H,3-6,10H2,1-2H3,(H,11,13). The first-order valence-corrected chi connectivity index (χ1v) is 4.87. The van der Waals surface area contributed by atoms with Gasteiger partial charge in [-0.05, 0) is 19.4 Å². The third kappa shape index (κ3) is 2.67. The fraction of sp³-hybridized carbons (Fsp3) is 0.889. The van der Waals surface area contributed by atoms with Crippen LogP contribution in [0, 0.1) is 5.92 Å². The SMILES string of the molecule is CC(CN)CN1CCNC(=O)C1C. The summed E-state index contributed by atoms with van der Waals surface area (Å²) in [6, 6.07) is 0.00255. The van der Waals surface area contributed by atoms with E-state index in [1.54, 1.807) is 0 Å². The van der Waals surface area contributed by atoms with Gasteiger partial charge in [-0.3, -0.25) is 9.69 Å². The molecule has 1 amide bonds. The van der Waals surface area contributed by atoms with Crippen LogP contribution in [0.5, 0.6) is 0 Å². The Balaban J connectivity index is 2.43. The first-order valence-electron chi connectivity index (χ1n) is 4.87. The summed E-state index contributed by atoms with van der Waals surface area (Å²) in [7, 11) is 0. The molecule has 0 aromatic rings. The number of hydrogen-bond donors (Lipinski definition) is 2. The molecule has 0 bridgehead atoms. The third-order valence-corrected chi connectivity index (χ3v) is 2.57. The van der Waals surface area contributed by atoms with Crippen LogP contribution in [-0.4, -0.2) is 43.0 Å². The molecular formula is C9H19N3O. The normalized spacial score (nSPS) is 27.0. The molecule has 0 saturated carbocycles. The molecule has 1 aliphatic heterocycles. The molecule has 1 saturated heterocycles. The first-order chi connectivity index (χ1) is 6.15. The van der Waals surface area contributed by atoms with Gasteiger partial charge in [0.15, 0.2) is 0 Å². The zero-order chi connectivity index (χ0) is 9.84. The van der Waals surface area contributed by atoms with E-state index in [-0.39, 0.29) is 11.9 Å². The highest BCUT2D eigenvalue weighted by molar-refractivity contribution is 5.81. The molecule has 4 nitrogen and oxygen atoms in total. The minimum Gasteiger partial charge on any atom is -0.353 e. The highest BCUT2D eigenvalue weighted by Crippen LogP contribution is 2.06. The molecule has 4 heteroatoms. The minimum atomic E-state index is 0.00255. The van der Waals surface area contributed by atoms with Crippen LogP contribution in [0.25, 0.3) is 0 Å². The van der Waals surface area contributed by atoms with Crippen molar-refractivity contribution in [1.82, 2.24) is 10.2 Å². The maximum Gasteiger partial charge on any atom is 0.237 e. The van der Waals surface area contributed by atoms with Gasteiger partial charge in [0.1, 0.15) is 0 Å². The zero-order valence-electron chi connectivity index (χ0n) is 8.42. The quantitative estimate of drug-likeness (QED) is 0.617. The maximum absolute atomic E-state index is 11.3. The predicted molar refractivity (Wildman–Crippen MR) is 52.3 cm³/mol. The van der Waals surface area contributed by atoms with Crippen LogP contribution >= 0.6 is 0 Å². The van der Waals surface area contributed by atoms with Gasteiger partial charge in [0.05, 0.1) is 6.04 Å². The lowest BCUT2D eigenvalue weighted by molar-refractivity contribution is -0.128. The largest absolute Gasteiger partial charge is 0.353 e. The van der Waals surface area contributed by atoms with E-state index in [2.05, 4.69) is 17.1 Å². The summed E-state index contributed by atoms with van der Waals surface area (Å²) in [6.07, 6.45) is 0. The van der Waals surface area contributed by atoms with Gasteiger partial charge < -0.3 is 11.1 Å². The van der Waals surface area contributed by atoms with Crippen molar-refractivity contribution in [3.05, 3.63) is 0 Å². The number of carbonyl (C=O) groups excluding carboxylic acids is 1. The van der Waals surface area contributed by atoms with Crippen molar-refractivity contribution in [2.45, 2.75) is 19.9 Å². The summed E-state index contributed by atoms with van der Waals surface area (Å²) in [5, 5.41) is 2.84. The topological polar surface area (TPSA) is 58.4 Å². The Bertz CT molecular complexity index is 184. The number of hydrogen-bond acceptors (Lipinski definition) is 3. The molecule has 76 valence electrons. The van der Waals surface area contributed by atoms with Crippen molar-refractivity contribution in [3.63, 3.8) is 0 Å². The van der Waals surface area contributed by atoms with Crippen molar-refractivity contribution < 1.29 is 4.79 Å². The van der Waals surface area contributed by atoms with Crippen molar-refractivity contribution in [1.29, 1.82) is 0 Å². The number of carbonyl (C=O) groups is 1. The van der Waals surface area contributed by atoms with Crippen molar-refractivity contribution in [2.75, 3.05) is 26.2 Å². The number of nitrogens with two attached hydrogens (primary N) is 1. The molecule has 2 unspecified atom stereocenters. The summed E-state index contributed by atoms with van der Waals surface area (Å²) < 4.78 is 0. The second kappa shape index (κ2) is 4.58. The molecule has 0 spiro atoms. The molecule has 0 aliphatic carbocycles. The molecule has 1 aliphatic rings. The van der Waals surface area contributed by atoms with E-state index in [4.69, 9.17) is 5.73 Å². The third-order valence-electron chi connectivity index (χ3n) is 2.57. The second-order valence-electron chi connectivity index (χ2n) is 3.80. The van der Waals surface area contributed by atoms with Crippen LogP contribution in [0.4, 0.5) is 0 Å². The number of rotatable bonds is 3. The predicted octanol–water partition coefficient (Wildman–Crippen LogP) is -0.598. The van der Waals surface area contributed by atoms with E-state index in [0.717, 1.165) is 19.6 Å². The van der Waals surface area contributed by atoms with E-state index in [9.17, 15) is 4.79 Å². The van der Waals surface area contributed by atoms with Crippen LogP contribution in [0.2, 0.25) is 0 Å². The number of amides is 1. The molecule has 13 heavy (non-hydrogen) atoms. The van der Waals surface area contributed by atoms with Crippen LogP contribution in [-0.2, 0) is 4.79 Å². The van der Waals surface area contributed by atoms with Crippen LogP contribution in [0.1, 0.15) is 13.8 Å². The van der Waals surface area contributed by atoms with Gasteiger partial charge in [-0.1, -0.05) is 6.92 Å². The van der Waals surface area contributed by atoms with Crippen LogP contribution in [0.3, 0.4) is 0 Å². The Morgan fingerprint density at radius 3 is 3.08 bits per heavy atom. The van der Waals surface area contributed by atoms with Gasteiger partial charge >= 0.3 is 0 Å². The minimum absolute atomic E-state index is 0.00255. The van der Waals surface area contributed by atoms with E-state index < -0.39 is 0 Å². The van der Waals surface area contributed by atoms with E-state index >= 15 is 0 Å². The Morgan fingerprint density at radius 2 is 2.46 bits per heavy atom. The molecule has 0 aromatic heterocycles. The summed E-state index contributed by atoms with van der Waals surface area (Å²) in [6.45, 7) is 7.37. The van der Waals surface area contributed by atoms with Crippen LogP contribution in [0.15, 0.2) is 0 Å². The first kappa shape index (κ1) is 10.5. The average molecular weight is 185 g/mol. The van der Waals surface area contributed by atoms with E-state index in [0.29, 0.717) is 12.5 Å². The monoisotopic (exact) mass is 185 g/mol. The summed E-state index contributed by atoms with van der Waals surface area (Å²) in [5.41, 5.74) is 5.54. The smallest absolute Gasteiger partial charge is 0.237 e. The highest BCUT2D eigenvalue weighted by atomic mass is 16.2. The molecule has 0 radical (unpaired) electrons. The van der Waals surface area contributed by atoms with Gasteiger partial charge in [0.25, 0.3) is 0 Å². The Kier molecular flexibility index (Phi) is 3.69. The van der Waals surface area contributed by atoms with Gasteiger partial charge in [-0.15, -0.1) is 0 Å². The maximum atomic E-state index is 11.3. The van der Waals surface area contributed by atoms with Gasteiger partial charge in [0, 0.05) is 19.6 Å². The molecule has 2 atom stereocenters. The Hall–Kier alpha value is -0.610. The lowest BCUT2D eigenvalue weighted by atomic mass is 10.1. The number of piperazine rings is 1. The summed E-state index contributed by atoms with van der Waals surface area (Å²) in [5.74, 6) is 0.601. The molecular weight excluding hydrogens is 166 g/mol. The van der Waals surface area contributed by atoms with Gasteiger partial charge in [-0.25, -0.2) is 0 Å². The zero-order valence-corrected chi connectivity index (χ0v) is 8.42. The molecule has 3 N–H and O–H groups in total. The molecule has 1 rings (SSSR count). The Morgan fingerprint density at radius 1 is 1.77 bits per heavy atom. The fourth-order valence-corrected chi connectivity index (χ4v) is 1.55. The van der Waals surface area contributed by atoms with Gasteiger partial charge in [0.2, 0.25) is 5.91 Å².